The summed E-state index contributed by atoms with van der Waals surface area (Å²) in [7, 11) is 0. The molecule has 0 unspecified atom stereocenters. The molecule has 1 aromatic rings. The normalized spacial score (nSPS) is 14.4. The van der Waals surface area contributed by atoms with Crippen molar-refractivity contribution in [3.8, 4) is 0 Å². The maximum Gasteiger partial charge on any atom is 0.0366 e. The van der Waals surface area contributed by atoms with E-state index < -0.39 is 0 Å². The highest BCUT2D eigenvalue weighted by Crippen LogP contribution is 2.27. The van der Waals surface area contributed by atoms with Gasteiger partial charge in [-0.25, -0.2) is 0 Å². The molecule has 0 bridgehead atoms. The first kappa shape index (κ1) is 35.9. The van der Waals surface area contributed by atoms with E-state index in [9.17, 15) is 0 Å². The van der Waals surface area contributed by atoms with Crippen LogP contribution in [0.15, 0.2) is 54.7 Å². The van der Waals surface area contributed by atoms with Gasteiger partial charge in [0, 0.05) is 30.0 Å². The molecule has 1 aromatic carbocycles. The Morgan fingerprint density at radius 3 is 2.14 bits per heavy atom. The van der Waals surface area contributed by atoms with Crippen molar-refractivity contribution in [3.05, 3.63) is 71.3 Å². The minimum atomic E-state index is 0.669. The first-order valence-electron chi connectivity index (χ1n) is 14.3. The summed E-state index contributed by atoms with van der Waals surface area (Å²) in [4.78, 5) is 2.43. The molecule has 1 saturated heterocycles. The molecule has 1 heterocycles. The van der Waals surface area contributed by atoms with Crippen LogP contribution in [0.4, 0.5) is 0 Å². The number of benzene rings is 1. The van der Waals surface area contributed by atoms with Crippen LogP contribution in [0.3, 0.4) is 0 Å². The Balaban J connectivity index is 0. The number of nitrogens with zero attached hydrogens (tertiary/aromatic N) is 1. The SMILES string of the molecule is C=C(c1ccc(/C(N)=C/CC(/C=C\C)=C/CC(C)C)c(C)c1)N1CCC(C)CC1.CC.CC.CCN. The third-order valence-corrected chi connectivity index (χ3v) is 5.83. The third kappa shape index (κ3) is 14.3. The Kier molecular flexibility index (Phi) is 21.9. The van der Waals surface area contributed by atoms with Gasteiger partial charge in [-0.15, -0.1) is 0 Å². The highest BCUT2D eigenvalue weighted by atomic mass is 15.1. The van der Waals surface area contributed by atoms with Gasteiger partial charge in [-0.3, -0.25) is 0 Å². The fourth-order valence-electron chi connectivity index (χ4n) is 3.79. The van der Waals surface area contributed by atoms with Gasteiger partial charge >= 0.3 is 0 Å². The average Bonchev–Trinajstić information content (AvgIpc) is 2.88. The van der Waals surface area contributed by atoms with Crippen LogP contribution < -0.4 is 11.5 Å². The third-order valence-electron chi connectivity index (χ3n) is 5.83. The van der Waals surface area contributed by atoms with Crippen molar-refractivity contribution >= 4 is 11.4 Å². The number of nitrogens with two attached hydrogens (primary N) is 2. The van der Waals surface area contributed by atoms with Crippen molar-refractivity contribution < 1.29 is 0 Å². The molecular weight excluding hydrogens is 438 g/mol. The Morgan fingerprint density at radius 2 is 1.67 bits per heavy atom. The van der Waals surface area contributed by atoms with E-state index in [-0.39, 0.29) is 0 Å². The molecule has 0 amide bonds. The number of aryl methyl sites for hydroxylation is 1. The zero-order chi connectivity index (χ0) is 28.1. The molecule has 0 radical (unpaired) electrons. The summed E-state index contributed by atoms with van der Waals surface area (Å²) in [6, 6.07) is 6.56. The first-order valence-corrected chi connectivity index (χ1v) is 14.3. The molecule has 3 heteroatoms. The molecule has 0 spiro atoms. The molecule has 2 rings (SSSR count). The maximum absolute atomic E-state index is 6.46. The highest BCUT2D eigenvalue weighted by Gasteiger charge is 2.18. The summed E-state index contributed by atoms with van der Waals surface area (Å²) in [6.07, 6.45) is 13.2. The van der Waals surface area contributed by atoms with Crippen LogP contribution in [0, 0.1) is 18.8 Å². The fraction of sp³-hybridized carbons (Fsp3) is 0.576. The maximum atomic E-state index is 6.46. The van der Waals surface area contributed by atoms with Crippen molar-refractivity contribution in [3.63, 3.8) is 0 Å². The van der Waals surface area contributed by atoms with Gasteiger partial charge in [-0.05, 0) is 80.7 Å². The second-order valence-electron chi connectivity index (χ2n) is 9.33. The van der Waals surface area contributed by atoms with Gasteiger partial charge in [-0.1, -0.05) is 98.4 Å². The van der Waals surface area contributed by atoms with Crippen molar-refractivity contribution in [2.45, 2.75) is 94.9 Å². The van der Waals surface area contributed by atoms with Crippen LogP contribution in [0.25, 0.3) is 11.4 Å². The summed E-state index contributed by atoms with van der Waals surface area (Å²) in [5.41, 5.74) is 18.2. The van der Waals surface area contributed by atoms with E-state index in [0.29, 0.717) is 5.92 Å². The summed E-state index contributed by atoms with van der Waals surface area (Å²) >= 11 is 0. The molecule has 0 saturated carbocycles. The Morgan fingerprint density at radius 1 is 1.11 bits per heavy atom. The lowest BCUT2D eigenvalue weighted by atomic mass is 9.96. The molecule has 0 atom stereocenters. The van der Waals surface area contributed by atoms with Crippen molar-refractivity contribution in [2.24, 2.45) is 23.3 Å². The number of hydrogen-bond acceptors (Lipinski definition) is 3. The molecule has 1 aliphatic heterocycles. The number of hydrogen-bond donors (Lipinski definition) is 2. The molecular formula is C33H59N3. The van der Waals surface area contributed by atoms with Crippen molar-refractivity contribution in [1.82, 2.24) is 4.90 Å². The van der Waals surface area contributed by atoms with Crippen LogP contribution in [0.2, 0.25) is 0 Å². The first-order chi connectivity index (χ1) is 17.2. The van der Waals surface area contributed by atoms with Gasteiger partial charge < -0.3 is 16.4 Å². The van der Waals surface area contributed by atoms with E-state index in [2.05, 4.69) is 88.6 Å². The monoisotopic (exact) mass is 497 g/mol. The quantitative estimate of drug-likeness (QED) is 0.352. The van der Waals surface area contributed by atoms with E-state index in [1.165, 1.54) is 29.5 Å². The van der Waals surface area contributed by atoms with E-state index in [0.717, 1.165) is 55.4 Å². The molecule has 206 valence electrons. The topological polar surface area (TPSA) is 55.3 Å². The lowest BCUT2D eigenvalue weighted by Crippen LogP contribution is -2.31. The van der Waals surface area contributed by atoms with Gasteiger partial charge in [-0.2, -0.15) is 0 Å². The molecule has 4 N–H and O–H groups in total. The van der Waals surface area contributed by atoms with Gasteiger partial charge in [0.2, 0.25) is 0 Å². The average molecular weight is 498 g/mol. The Bertz CT molecular complexity index is 791. The van der Waals surface area contributed by atoms with E-state index in [1.807, 2.05) is 34.6 Å². The second-order valence-corrected chi connectivity index (χ2v) is 9.33. The summed E-state index contributed by atoms with van der Waals surface area (Å²) < 4.78 is 0. The van der Waals surface area contributed by atoms with Crippen LogP contribution in [0.1, 0.15) is 105 Å². The highest BCUT2D eigenvalue weighted by molar-refractivity contribution is 5.70. The summed E-state index contributed by atoms with van der Waals surface area (Å²) in [5, 5.41) is 0. The molecule has 0 aromatic heterocycles. The zero-order valence-corrected chi connectivity index (χ0v) is 25.5. The summed E-state index contributed by atoms with van der Waals surface area (Å²) in [5.74, 6) is 1.50. The molecule has 0 aliphatic carbocycles. The number of piperidine rings is 1. The Labute approximate surface area is 225 Å². The standard InChI is InChI=1S/C27H40N2.C2H7N.2C2H6/c1-7-8-24(10-9-20(2)3)11-14-27(28)26-13-12-25(19-22(26)5)23(6)29-17-15-21(4)16-18-29;1-2-3;2*1-2/h7-8,10,12-14,19-21H,6,9,11,15-18,28H2,1-5H3;2-3H2,1H3;2*1-2H3/b8-7-,24-10+,27-14-;;;. The largest absolute Gasteiger partial charge is 0.398 e. The van der Waals surface area contributed by atoms with Gasteiger partial charge in [0.15, 0.2) is 0 Å². The number of likely N-dealkylation sites (tertiary alicyclic amines) is 1. The van der Waals surface area contributed by atoms with E-state index in [1.54, 1.807) is 0 Å². The molecule has 1 aliphatic rings. The summed E-state index contributed by atoms with van der Waals surface area (Å²) in [6.45, 7) is 28.3. The smallest absolute Gasteiger partial charge is 0.0366 e. The van der Waals surface area contributed by atoms with Crippen LogP contribution in [0.5, 0.6) is 0 Å². The number of rotatable bonds is 8. The zero-order valence-electron chi connectivity index (χ0n) is 25.5. The lowest BCUT2D eigenvalue weighted by molar-refractivity contribution is 0.268. The predicted octanol–water partition coefficient (Wildman–Crippen LogP) is 8.95. The van der Waals surface area contributed by atoms with Crippen LogP contribution in [-0.2, 0) is 0 Å². The van der Waals surface area contributed by atoms with E-state index in [4.69, 9.17) is 11.5 Å². The number of allylic oxidation sites excluding steroid dienone is 5. The molecule has 3 nitrogen and oxygen atoms in total. The van der Waals surface area contributed by atoms with Crippen molar-refractivity contribution in [1.29, 1.82) is 0 Å². The lowest BCUT2D eigenvalue weighted by Gasteiger charge is -2.33. The minimum absolute atomic E-state index is 0.669. The molecule has 36 heavy (non-hydrogen) atoms. The minimum Gasteiger partial charge on any atom is -0.398 e. The van der Waals surface area contributed by atoms with Gasteiger partial charge in [0.05, 0.1) is 0 Å². The van der Waals surface area contributed by atoms with Crippen molar-refractivity contribution in [2.75, 3.05) is 19.6 Å². The fourth-order valence-corrected chi connectivity index (χ4v) is 3.79. The second kappa shape index (κ2) is 22.0. The van der Waals surface area contributed by atoms with Crippen LogP contribution >= 0.6 is 0 Å². The van der Waals surface area contributed by atoms with Gasteiger partial charge in [0.1, 0.15) is 0 Å². The molecule has 1 fully saturated rings. The van der Waals surface area contributed by atoms with E-state index >= 15 is 0 Å². The van der Waals surface area contributed by atoms with Gasteiger partial charge in [0.25, 0.3) is 0 Å². The van der Waals surface area contributed by atoms with Crippen LogP contribution in [-0.4, -0.2) is 24.5 Å². The Hall–Kier alpha value is -2.26. The predicted molar refractivity (Wildman–Crippen MR) is 167 cm³/mol.